The van der Waals surface area contributed by atoms with Gasteiger partial charge in [-0.15, -0.1) is 0 Å². The second-order valence-corrected chi connectivity index (χ2v) is 5.84. The highest BCUT2D eigenvalue weighted by molar-refractivity contribution is 5.76. The van der Waals surface area contributed by atoms with Crippen LogP contribution in [-0.2, 0) is 11.2 Å². The summed E-state index contributed by atoms with van der Waals surface area (Å²) < 4.78 is 26.6. The lowest BCUT2D eigenvalue weighted by Crippen LogP contribution is -2.45. The van der Waals surface area contributed by atoms with Gasteiger partial charge in [-0.3, -0.25) is 4.79 Å². The molecule has 0 radical (unpaired) electrons. The third-order valence-corrected chi connectivity index (χ3v) is 4.17. The fraction of sp³-hybridized carbons (Fsp3) is 0.562. The summed E-state index contributed by atoms with van der Waals surface area (Å²) >= 11 is 0. The number of nitrogens with two attached hydrogens (primary N) is 1. The van der Waals surface area contributed by atoms with Gasteiger partial charge >= 0.3 is 0 Å². The molecule has 0 unspecified atom stereocenters. The maximum Gasteiger partial charge on any atom is 0.222 e. The molecule has 2 rings (SSSR count). The SMILES string of the molecule is C[C@H](N)[C@H]1CCCN(C(=O)CCc2cc(F)ccc2F)C1. The zero-order valence-electron chi connectivity index (χ0n) is 12.3. The topological polar surface area (TPSA) is 46.3 Å². The van der Waals surface area contributed by atoms with Crippen molar-refractivity contribution in [3.63, 3.8) is 0 Å². The van der Waals surface area contributed by atoms with E-state index < -0.39 is 11.6 Å². The third-order valence-electron chi connectivity index (χ3n) is 4.17. The van der Waals surface area contributed by atoms with Gasteiger partial charge in [-0.05, 0) is 55.9 Å². The predicted octanol–water partition coefficient (Wildman–Crippen LogP) is 2.48. The van der Waals surface area contributed by atoms with Crippen molar-refractivity contribution >= 4 is 5.91 Å². The Morgan fingerprint density at radius 1 is 1.48 bits per heavy atom. The first kappa shape index (κ1) is 15.9. The van der Waals surface area contributed by atoms with Gasteiger partial charge in [0.25, 0.3) is 0 Å². The Bertz CT molecular complexity index is 505. The summed E-state index contributed by atoms with van der Waals surface area (Å²) in [5, 5.41) is 0. The zero-order valence-corrected chi connectivity index (χ0v) is 12.3. The minimum atomic E-state index is -0.478. The van der Waals surface area contributed by atoms with Crippen LogP contribution in [-0.4, -0.2) is 29.9 Å². The molecule has 1 aliphatic rings. The van der Waals surface area contributed by atoms with Crippen LogP contribution in [0, 0.1) is 17.6 Å². The van der Waals surface area contributed by atoms with Gasteiger partial charge in [0.15, 0.2) is 0 Å². The summed E-state index contributed by atoms with van der Waals surface area (Å²) in [7, 11) is 0. The molecule has 0 bridgehead atoms. The van der Waals surface area contributed by atoms with E-state index >= 15 is 0 Å². The van der Waals surface area contributed by atoms with Crippen molar-refractivity contribution in [1.82, 2.24) is 4.90 Å². The van der Waals surface area contributed by atoms with E-state index in [0.717, 1.165) is 37.6 Å². The Morgan fingerprint density at radius 3 is 2.95 bits per heavy atom. The number of benzene rings is 1. The van der Waals surface area contributed by atoms with Gasteiger partial charge in [-0.2, -0.15) is 0 Å². The van der Waals surface area contributed by atoms with Crippen LogP contribution in [0.4, 0.5) is 8.78 Å². The summed E-state index contributed by atoms with van der Waals surface area (Å²) in [5.41, 5.74) is 6.16. The molecular formula is C16H22F2N2O. The molecule has 3 nitrogen and oxygen atoms in total. The smallest absolute Gasteiger partial charge is 0.222 e. The maximum absolute atomic E-state index is 13.5. The predicted molar refractivity (Wildman–Crippen MR) is 77.6 cm³/mol. The van der Waals surface area contributed by atoms with Gasteiger partial charge in [0.05, 0.1) is 0 Å². The normalized spacial score (nSPS) is 20.4. The largest absolute Gasteiger partial charge is 0.342 e. The molecule has 1 saturated heterocycles. The Morgan fingerprint density at radius 2 is 2.24 bits per heavy atom. The maximum atomic E-state index is 13.5. The van der Waals surface area contributed by atoms with Gasteiger partial charge in [0.2, 0.25) is 5.91 Å². The van der Waals surface area contributed by atoms with Crippen molar-refractivity contribution in [2.24, 2.45) is 11.7 Å². The third kappa shape index (κ3) is 4.24. The van der Waals surface area contributed by atoms with E-state index in [4.69, 9.17) is 5.73 Å². The van der Waals surface area contributed by atoms with Crippen molar-refractivity contribution in [3.05, 3.63) is 35.4 Å². The van der Waals surface area contributed by atoms with E-state index in [-0.39, 0.29) is 30.4 Å². The molecular weight excluding hydrogens is 274 g/mol. The molecule has 1 fully saturated rings. The van der Waals surface area contributed by atoms with Crippen LogP contribution in [0.25, 0.3) is 0 Å². The highest BCUT2D eigenvalue weighted by Crippen LogP contribution is 2.20. The molecule has 0 aliphatic carbocycles. The van der Waals surface area contributed by atoms with Crippen LogP contribution in [0.15, 0.2) is 18.2 Å². The zero-order chi connectivity index (χ0) is 15.4. The second kappa shape index (κ2) is 6.98. The molecule has 1 aromatic carbocycles. The van der Waals surface area contributed by atoms with Crippen LogP contribution >= 0.6 is 0 Å². The summed E-state index contributed by atoms with van der Waals surface area (Å²) in [4.78, 5) is 14.0. The first-order valence-electron chi connectivity index (χ1n) is 7.44. The molecule has 0 aromatic heterocycles. The van der Waals surface area contributed by atoms with E-state index in [1.54, 1.807) is 4.90 Å². The van der Waals surface area contributed by atoms with Crippen LogP contribution in [0.2, 0.25) is 0 Å². The molecule has 0 saturated carbocycles. The molecule has 1 aliphatic heterocycles. The van der Waals surface area contributed by atoms with Gasteiger partial charge in [0, 0.05) is 25.6 Å². The molecule has 1 heterocycles. The number of carbonyl (C=O) groups is 1. The van der Waals surface area contributed by atoms with E-state index in [9.17, 15) is 13.6 Å². The average molecular weight is 296 g/mol. The lowest BCUT2D eigenvalue weighted by atomic mass is 9.92. The molecule has 2 atom stereocenters. The lowest BCUT2D eigenvalue weighted by Gasteiger charge is -2.34. The van der Waals surface area contributed by atoms with E-state index in [1.807, 2.05) is 6.92 Å². The standard InChI is InChI=1S/C16H22F2N2O/c1-11(19)13-3-2-8-20(10-13)16(21)7-4-12-9-14(17)5-6-15(12)18/h5-6,9,11,13H,2-4,7-8,10,19H2,1H3/t11-,13-/m0/s1. The molecule has 21 heavy (non-hydrogen) atoms. The van der Waals surface area contributed by atoms with Crippen molar-refractivity contribution in [1.29, 1.82) is 0 Å². The van der Waals surface area contributed by atoms with Gasteiger partial charge in [-0.25, -0.2) is 8.78 Å². The van der Waals surface area contributed by atoms with E-state index in [1.165, 1.54) is 0 Å². The van der Waals surface area contributed by atoms with E-state index in [0.29, 0.717) is 12.5 Å². The first-order chi connectivity index (χ1) is 9.97. The van der Waals surface area contributed by atoms with Crippen molar-refractivity contribution < 1.29 is 13.6 Å². The molecule has 116 valence electrons. The monoisotopic (exact) mass is 296 g/mol. The summed E-state index contributed by atoms with van der Waals surface area (Å²) in [5.74, 6) is -0.622. The van der Waals surface area contributed by atoms with Crippen LogP contribution in [0.3, 0.4) is 0 Å². The second-order valence-electron chi connectivity index (χ2n) is 5.84. The molecule has 2 N–H and O–H groups in total. The number of likely N-dealkylation sites (tertiary alicyclic amines) is 1. The summed E-state index contributed by atoms with van der Waals surface area (Å²) in [6.07, 6.45) is 2.42. The Labute approximate surface area is 124 Å². The van der Waals surface area contributed by atoms with Gasteiger partial charge in [-0.1, -0.05) is 0 Å². The number of hydrogen-bond donors (Lipinski definition) is 1. The minimum absolute atomic E-state index is 0.0102. The number of aryl methyl sites for hydroxylation is 1. The van der Waals surface area contributed by atoms with Gasteiger partial charge < -0.3 is 10.6 Å². The fourth-order valence-corrected chi connectivity index (χ4v) is 2.80. The molecule has 5 heteroatoms. The number of halogens is 2. The van der Waals surface area contributed by atoms with Crippen molar-refractivity contribution in [2.45, 2.75) is 38.6 Å². The minimum Gasteiger partial charge on any atom is -0.342 e. The van der Waals surface area contributed by atoms with Crippen molar-refractivity contribution in [2.75, 3.05) is 13.1 Å². The number of hydrogen-bond acceptors (Lipinski definition) is 2. The Kier molecular flexibility index (Phi) is 5.28. The van der Waals surface area contributed by atoms with E-state index in [2.05, 4.69) is 0 Å². The average Bonchev–Trinajstić information content (AvgIpc) is 2.48. The number of amides is 1. The molecule has 1 amide bonds. The summed E-state index contributed by atoms with van der Waals surface area (Å²) in [6, 6.07) is 3.41. The van der Waals surface area contributed by atoms with Crippen LogP contribution in [0.5, 0.6) is 0 Å². The molecule has 1 aromatic rings. The first-order valence-corrected chi connectivity index (χ1v) is 7.44. The summed E-state index contributed by atoms with van der Waals surface area (Å²) in [6.45, 7) is 3.36. The highest BCUT2D eigenvalue weighted by atomic mass is 19.1. The number of nitrogens with zero attached hydrogens (tertiary/aromatic N) is 1. The number of piperidine rings is 1. The highest BCUT2D eigenvalue weighted by Gasteiger charge is 2.25. The van der Waals surface area contributed by atoms with Crippen LogP contribution in [0.1, 0.15) is 31.7 Å². The Hall–Kier alpha value is -1.49. The molecule has 0 spiro atoms. The Balaban J connectivity index is 1.91. The lowest BCUT2D eigenvalue weighted by molar-refractivity contribution is -0.133. The number of carbonyl (C=O) groups excluding carboxylic acids is 1. The fourth-order valence-electron chi connectivity index (χ4n) is 2.80. The number of rotatable bonds is 4. The van der Waals surface area contributed by atoms with Gasteiger partial charge in [0.1, 0.15) is 11.6 Å². The van der Waals surface area contributed by atoms with Crippen LogP contribution < -0.4 is 5.73 Å². The quantitative estimate of drug-likeness (QED) is 0.928. The van der Waals surface area contributed by atoms with Crippen molar-refractivity contribution in [3.8, 4) is 0 Å².